The molecule has 0 aliphatic heterocycles. The van der Waals surface area contributed by atoms with Gasteiger partial charge in [-0.3, -0.25) is 0 Å². The molecule has 2 rings (SSSR count). The molecule has 0 aromatic heterocycles. The zero-order chi connectivity index (χ0) is 17.8. The molecule has 0 spiro atoms. The minimum atomic E-state index is -4.35. The molecule has 2 aromatic carbocycles. The molecule has 0 fully saturated rings. The highest BCUT2D eigenvalue weighted by molar-refractivity contribution is 5.72. The highest BCUT2D eigenvalue weighted by atomic mass is 19.4. The first-order valence-corrected chi connectivity index (χ1v) is 7.11. The fourth-order valence-corrected chi connectivity index (χ4v) is 2.33. The van der Waals surface area contributed by atoms with Crippen molar-refractivity contribution < 1.29 is 26.3 Å². The minimum Gasteiger partial charge on any atom is -0.171 e. The monoisotopic (exact) mass is 344 g/mol. The van der Waals surface area contributed by atoms with E-state index >= 15 is 0 Å². The maximum Gasteiger partial charge on any atom is 0.393 e. The Kier molecular flexibility index (Phi) is 5.36. The van der Waals surface area contributed by atoms with Crippen LogP contribution in [-0.2, 0) is 12.8 Å². The Bertz CT molecular complexity index is 648. The van der Waals surface area contributed by atoms with Crippen LogP contribution in [0, 0.1) is 0 Å². The van der Waals surface area contributed by atoms with Gasteiger partial charge in [-0.15, -0.1) is 0 Å². The van der Waals surface area contributed by atoms with E-state index in [0.717, 1.165) is 0 Å². The topological polar surface area (TPSA) is 0 Å². The molecule has 0 N–H and O–H groups in total. The van der Waals surface area contributed by atoms with Gasteiger partial charge in [0.15, 0.2) is 0 Å². The number of benzene rings is 2. The van der Waals surface area contributed by atoms with Crippen molar-refractivity contribution in [3.63, 3.8) is 0 Å². The molecule has 24 heavy (non-hydrogen) atoms. The first-order valence-electron chi connectivity index (χ1n) is 7.11. The molecule has 0 saturated carbocycles. The first-order chi connectivity index (χ1) is 11.1. The summed E-state index contributed by atoms with van der Waals surface area (Å²) < 4.78 is 75.5. The Morgan fingerprint density at radius 3 is 1.25 bits per heavy atom. The number of halogens is 6. The summed E-state index contributed by atoms with van der Waals surface area (Å²) in [7, 11) is 0. The van der Waals surface area contributed by atoms with Crippen molar-refractivity contribution in [3.05, 3.63) is 70.8 Å². The van der Waals surface area contributed by atoms with E-state index in [9.17, 15) is 26.3 Å². The summed E-state index contributed by atoms with van der Waals surface area (Å²) in [6.07, 6.45) is -8.04. The van der Waals surface area contributed by atoms with Gasteiger partial charge in [-0.25, -0.2) is 0 Å². The van der Waals surface area contributed by atoms with Gasteiger partial charge in [-0.1, -0.05) is 60.7 Å². The SMILES string of the molecule is FC(F)(F)Cc1ccccc1/C=C\c1ccccc1CC(F)(F)F. The summed E-state index contributed by atoms with van der Waals surface area (Å²) in [5.41, 5.74) is 0.817. The van der Waals surface area contributed by atoms with Crippen LogP contribution in [0.15, 0.2) is 48.5 Å². The molecule has 128 valence electrons. The predicted molar refractivity (Wildman–Crippen MR) is 81.3 cm³/mol. The smallest absolute Gasteiger partial charge is 0.171 e. The Morgan fingerprint density at radius 1 is 0.583 bits per heavy atom. The van der Waals surface area contributed by atoms with E-state index < -0.39 is 25.2 Å². The van der Waals surface area contributed by atoms with Crippen LogP contribution in [0.25, 0.3) is 12.2 Å². The predicted octanol–water partition coefficient (Wildman–Crippen LogP) is 6.07. The molecule has 0 nitrogen and oxygen atoms in total. The van der Waals surface area contributed by atoms with Crippen molar-refractivity contribution in [2.75, 3.05) is 0 Å². The minimum absolute atomic E-state index is 0.0783. The molecule has 0 aliphatic rings. The van der Waals surface area contributed by atoms with E-state index in [1.807, 2.05) is 0 Å². The molecule has 0 saturated heterocycles. The summed E-state index contributed by atoms with van der Waals surface area (Å²) in [6, 6.07) is 11.9. The standard InChI is InChI=1S/C18H14F6/c19-17(20,21)11-15-7-3-1-5-13(15)9-10-14-6-2-4-8-16(14)12-18(22,23)24/h1-10H,11-12H2/b10-9-. The van der Waals surface area contributed by atoms with Crippen LogP contribution in [0.4, 0.5) is 26.3 Å². The second-order valence-electron chi connectivity index (χ2n) is 5.31. The molecule has 0 atom stereocenters. The van der Waals surface area contributed by atoms with Gasteiger partial charge in [0.1, 0.15) is 0 Å². The summed E-state index contributed by atoms with van der Waals surface area (Å²) in [4.78, 5) is 0. The van der Waals surface area contributed by atoms with Crippen molar-refractivity contribution in [3.8, 4) is 0 Å². The zero-order valence-corrected chi connectivity index (χ0v) is 12.5. The third-order valence-corrected chi connectivity index (χ3v) is 3.33. The van der Waals surface area contributed by atoms with Gasteiger partial charge < -0.3 is 0 Å². The lowest BCUT2D eigenvalue weighted by molar-refractivity contribution is -0.128. The van der Waals surface area contributed by atoms with Crippen molar-refractivity contribution in [1.29, 1.82) is 0 Å². The molecular formula is C18H14F6. The number of hydrogen-bond acceptors (Lipinski definition) is 0. The first kappa shape index (κ1) is 18.1. The normalized spacial score (nSPS) is 12.8. The van der Waals surface area contributed by atoms with Crippen LogP contribution in [0.3, 0.4) is 0 Å². The van der Waals surface area contributed by atoms with Crippen LogP contribution >= 0.6 is 0 Å². The van der Waals surface area contributed by atoms with Crippen molar-refractivity contribution in [1.82, 2.24) is 0 Å². The molecule has 2 aromatic rings. The highest BCUT2D eigenvalue weighted by Gasteiger charge is 2.29. The molecule has 0 radical (unpaired) electrons. The Balaban J connectivity index is 2.30. The lowest BCUT2D eigenvalue weighted by atomic mass is 10.0. The van der Waals surface area contributed by atoms with E-state index in [-0.39, 0.29) is 11.1 Å². The van der Waals surface area contributed by atoms with Gasteiger partial charge in [0.25, 0.3) is 0 Å². The molecule has 0 aliphatic carbocycles. The maximum atomic E-state index is 12.6. The number of hydrogen-bond donors (Lipinski definition) is 0. The lowest BCUT2D eigenvalue weighted by Gasteiger charge is -2.11. The van der Waals surface area contributed by atoms with Crippen LogP contribution in [-0.4, -0.2) is 12.4 Å². The maximum absolute atomic E-state index is 12.6. The molecule has 0 amide bonds. The highest BCUT2D eigenvalue weighted by Crippen LogP contribution is 2.26. The van der Waals surface area contributed by atoms with Gasteiger partial charge >= 0.3 is 12.4 Å². The summed E-state index contributed by atoms with van der Waals surface area (Å²) in [6.45, 7) is 0. The van der Waals surface area contributed by atoms with Crippen molar-refractivity contribution in [2.24, 2.45) is 0 Å². The number of rotatable bonds is 4. The Labute approximate surface area is 135 Å². The van der Waals surface area contributed by atoms with E-state index in [0.29, 0.717) is 11.1 Å². The van der Waals surface area contributed by atoms with Crippen LogP contribution in [0.5, 0.6) is 0 Å². The van der Waals surface area contributed by atoms with Gasteiger partial charge in [0.2, 0.25) is 0 Å². The van der Waals surface area contributed by atoms with Gasteiger partial charge in [0.05, 0.1) is 12.8 Å². The summed E-state index contributed by atoms with van der Waals surface area (Å²) in [5.74, 6) is 0. The average molecular weight is 344 g/mol. The third kappa shape index (κ3) is 5.76. The largest absolute Gasteiger partial charge is 0.393 e. The lowest BCUT2D eigenvalue weighted by Crippen LogP contribution is -2.12. The third-order valence-electron chi connectivity index (χ3n) is 3.33. The second-order valence-corrected chi connectivity index (χ2v) is 5.31. The summed E-state index contributed by atoms with van der Waals surface area (Å²) >= 11 is 0. The molecule has 0 unspecified atom stereocenters. The van der Waals surface area contributed by atoms with E-state index in [2.05, 4.69) is 0 Å². The molecule has 0 heterocycles. The van der Waals surface area contributed by atoms with Gasteiger partial charge in [-0.2, -0.15) is 26.3 Å². The quantitative estimate of drug-likeness (QED) is 0.467. The molecular weight excluding hydrogens is 330 g/mol. The Morgan fingerprint density at radius 2 is 0.917 bits per heavy atom. The van der Waals surface area contributed by atoms with E-state index in [4.69, 9.17) is 0 Å². The van der Waals surface area contributed by atoms with E-state index in [1.54, 1.807) is 12.1 Å². The van der Waals surface area contributed by atoms with Gasteiger partial charge in [-0.05, 0) is 22.3 Å². The van der Waals surface area contributed by atoms with E-state index in [1.165, 1.54) is 48.6 Å². The molecule has 0 bridgehead atoms. The molecule has 6 heteroatoms. The van der Waals surface area contributed by atoms with Gasteiger partial charge in [0, 0.05) is 0 Å². The van der Waals surface area contributed by atoms with Crippen molar-refractivity contribution >= 4 is 12.2 Å². The fourth-order valence-electron chi connectivity index (χ4n) is 2.33. The average Bonchev–Trinajstić information content (AvgIpc) is 2.44. The second kappa shape index (κ2) is 7.11. The summed E-state index contributed by atoms with van der Waals surface area (Å²) in [5, 5.41) is 0. The van der Waals surface area contributed by atoms with Crippen LogP contribution < -0.4 is 0 Å². The van der Waals surface area contributed by atoms with Crippen molar-refractivity contribution in [2.45, 2.75) is 25.2 Å². The fraction of sp³-hybridized carbons (Fsp3) is 0.222. The van der Waals surface area contributed by atoms with Crippen LogP contribution in [0.2, 0.25) is 0 Å². The van der Waals surface area contributed by atoms with Crippen LogP contribution in [0.1, 0.15) is 22.3 Å². The Hall–Kier alpha value is -2.24. The zero-order valence-electron chi connectivity index (χ0n) is 12.5. The number of alkyl halides is 6.